The van der Waals surface area contributed by atoms with Crippen LogP contribution in [0, 0.1) is 11.8 Å². The van der Waals surface area contributed by atoms with Gasteiger partial charge in [0.15, 0.2) is 0 Å². The highest BCUT2D eigenvalue weighted by molar-refractivity contribution is 5.27. The molecule has 4 heteroatoms. The average Bonchev–Trinajstić information content (AvgIpc) is 2.41. The van der Waals surface area contributed by atoms with E-state index in [0.29, 0.717) is 17.9 Å². The van der Waals surface area contributed by atoms with E-state index in [0.717, 1.165) is 37.6 Å². The van der Waals surface area contributed by atoms with Crippen LogP contribution in [0.15, 0.2) is 12.3 Å². The smallest absolute Gasteiger partial charge is 0.225 e. The molecule has 3 atom stereocenters. The second-order valence-electron chi connectivity index (χ2n) is 5.65. The molecule has 0 radical (unpaired) electrons. The van der Waals surface area contributed by atoms with Gasteiger partial charge in [-0.3, -0.25) is 0 Å². The molecule has 1 aromatic heterocycles. The molecule has 1 saturated carbocycles. The van der Waals surface area contributed by atoms with Crippen molar-refractivity contribution in [2.45, 2.75) is 52.6 Å². The number of hydrogen-bond donors (Lipinski definition) is 1. The first-order valence-corrected chi connectivity index (χ1v) is 7.42. The maximum Gasteiger partial charge on any atom is 0.225 e. The quantitative estimate of drug-likeness (QED) is 0.883. The minimum atomic E-state index is 0.306. The summed E-state index contributed by atoms with van der Waals surface area (Å²) in [5.41, 5.74) is 0. The molecule has 1 aliphatic carbocycles. The highest BCUT2D eigenvalue weighted by Gasteiger charge is 2.26. The van der Waals surface area contributed by atoms with E-state index >= 15 is 0 Å². The van der Waals surface area contributed by atoms with Gasteiger partial charge in [-0.2, -0.15) is 4.98 Å². The monoisotopic (exact) mass is 263 g/mol. The Hall–Kier alpha value is -1.32. The van der Waals surface area contributed by atoms with E-state index in [2.05, 4.69) is 36.1 Å². The molecule has 0 amide bonds. The summed E-state index contributed by atoms with van der Waals surface area (Å²) in [4.78, 5) is 8.60. The van der Waals surface area contributed by atoms with Crippen molar-refractivity contribution in [3.05, 3.63) is 12.3 Å². The Morgan fingerprint density at radius 1 is 1.32 bits per heavy atom. The molecule has 0 bridgehead atoms. The van der Waals surface area contributed by atoms with Crippen molar-refractivity contribution in [2.24, 2.45) is 11.8 Å². The van der Waals surface area contributed by atoms with Crippen LogP contribution in [0.4, 0.5) is 5.95 Å². The Kier molecular flexibility index (Phi) is 5.00. The van der Waals surface area contributed by atoms with Crippen LogP contribution in [0.5, 0.6) is 5.88 Å². The first kappa shape index (κ1) is 14.1. The van der Waals surface area contributed by atoms with Crippen LogP contribution < -0.4 is 10.1 Å². The van der Waals surface area contributed by atoms with Crippen molar-refractivity contribution in [2.75, 3.05) is 11.9 Å². The summed E-state index contributed by atoms with van der Waals surface area (Å²) in [6.07, 6.45) is 6.63. The van der Waals surface area contributed by atoms with Gasteiger partial charge < -0.3 is 10.1 Å². The number of ether oxygens (including phenoxy) is 1. The van der Waals surface area contributed by atoms with Crippen LogP contribution in [0.3, 0.4) is 0 Å². The Bertz CT molecular complexity index is 397. The predicted molar refractivity (Wildman–Crippen MR) is 77.4 cm³/mol. The van der Waals surface area contributed by atoms with Crippen LogP contribution in [0.2, 0.25) is 0 Å². The number of anilines is 1. The topological polar surface area (TPSA) is 47.0 Å². The average molecular weight is 263 g/mol. The second kappa shape index (κ2) is 6.73. The van der Waals surface area contributed by atoms with Crippen molar-refractivity contribution in [3.8, 4) is 5.88 Å². The number of rotatable bonds is 5. The van der Waals surface area contributed by atoms with Crippen LogP contribution in [-0.4, -0.2) is 22.6 Å². The molecule has 3 unspecified atom stereocenters. The van der Waals surface area contributed by atoms with Gasteiger partial charge in [-0.05, 0) is 37.5 Å². The van der Waals surface area contributed by atoms with Gasteiger partial charge in [-0.1, -0.05) is 20.8 Å². The zero-order chi connectivity index (χ0) is 13.7. The highest BCUT2D eigenvalue weighted by atomic mass is 16.5. The summed E-state index contributed by atoms with van der Waals surface area (Å²) in [7, 11) is 0. The second-order valence-corrected chi connectivity index (χ2v) is 5.65. The lowest BCUT2D eigenvalue weighted by Gasteiger charge is -2.31. The Morgan fingerprint density at radius 2 is 2.16 bits per heavy atom. The standard InChI is InChI=1S/C15H25N3O/c1-4-8-16-15-17-9-7-14(18-15)19-13-6-5-11(2)12(3)10-13/h7,9,11-13H,4-6,8,10H2,1-3H3,(H,16,17,18). The number of nitrogens with zero attached hydrogens (tertiary/aromatic N) is 2. The Labute approximate surface area is 116 Å². The number of hydrogen-bond acceptors (Lipinski definition) is 4. The summed E-state index contributed by atoms with van der Waals surface area (Å²) in [5, 5.41) is 3.19. The van der Waals surface area contributed by atoms with Gasteiger partial charge in [-0.25, -0.2) is 4.98 Å². The molecule has 106 valence electrons. The van der Waals surface area contributed by atoms with E-state index in [4.69, 9.17) is 4.74 Å². The Morgan fingerprint density at radius 3 is 2.89 bits per heavy atom. The van der Waals surface area contributed by atoms with Gasteiger partial charge in [0.1, 0.15) is 6.10 Å². The lowest BCUT2D eigenvalue weighted by atomic mass is 9.80. The molecule has 0 spiro atoms. The first-order valence-electron chi connectivity index (χ1n) is 7.42. The Balaban J connectivity index is 1.91. The molecule has 0 aliphatic heterocycles. The molecule has 1 aliphatic rings. The van der Waals surface area contributed by atoms with Gasteiger partial charge in [0, 0.05) is 18.8 Å². The lowest BCUT2D eigenvalue weighted by molar-refractivity contribution is 0.0965. The molecular weight excluding hydrogens is 238 g/mol. The molecule has 1 N–H and O–H groups in total. The van der Waals surface area contributed by atoms with Crippen molar-refractivity contribution in [1.82, 2.24) is 9.97 Å². The van der Waals surface area contributed by atoms with Crippen LogP contribution in [0.25, 0.3) is 0 Å². The van der Waals surface area contributed by atoms with Crippen molar-refractivity contribution in [1.29, 1.82) is 0 Å². The van der Waals surface area contributed by atoms with Gasteiger partial charge in [0.25, 0.3) is 0 Å². The van der Waals surface area contributed by atoms with Crippen molar-refractivity contribution >= 4 is 5.95 Å². The number of nitrogens with one attached hydrogen (secondary N) is 1. The maximum atomic E-state index is 6.00. The van der Waals surface area contributed by atoms with E-state index in [1.807, 2.05) is 6.07 Å². The van der Waals surface area contributed by atoms with E-state index in [9.17, 15) is 0 Å². The number of aromatic nitrogens is 2. The fraction of sp³-hybridized carbons (Fsp3) is 0.733. The predicted octanol–water partition coefficient (Wildman–Crippen LogP) is 3.50. The molecule has 19 heavy (non-hydrogen) atoms. The van der Waals surface area contributed by atoms with Crippen LogP contribution in [-0.2, 0) is 0 Å². The van der Waals surface area contributed by atoms with Gasteiger partial charge >= 0.3 is 0 Å². The third kappa shape index (κ3) is 4.08. The zero-order valence-electron chi connectivity index (χ0n) is 12.2. The third-order valence-electron chi connectivity index (χ3n) is 4.00. The van der Waals surface area contributed by atoms with Gasteiger partial charge in [-0.15, -0.1) is 0 Å². The summed E-state index contributed by atoms with van der Waals surface area (Å²) in [5.74, 6) is 2.90. The van der Waals surface area contributed by atoms with Gasteiger partial charge in [0.05, 0.1) is 0 Å². The molecule has 0 aromatic carbocycles. The molecule has 4 nitrogen and oxygen atoms in total. The van der Waals surface area contributed by atoms with E-state index < -0.39 is 0 Å². The van der Waals surface area contributed by atoms with Crippen LogP contribution >= 0.6 is 0 Å². The highest BCUT2D eigenvalue weighted by Crippen LogP contribution is 2.31. The van der Waals surface area contributed by atoms with Crippen molar-refractivity contribution in [3.63, 3.8) is 0 Å². The zero-order valence-corrected chi connectivity index (χ0v) is 12.2. The van der Waals surface area contributed by atoms with Gasteiger partial charge in [0.2, 0.25) is 11.8 Å². The molecule has 1 fully saturated rings. The third-order valence-corrected chi connectivity index (χ3v) is 4.00. The van der Waals surface area contributed by atoms with E-state index in [1.54, 1.807) is 6.20 Å². The van der Waals surface area contributed by atoms with Crippen LogP contribution in [0.1, 0.15) is 46.5 Å². The molecule has 2 rings (SSSR count). The SMILES string of the molecule is CCCNc1nccc(OC2CCC(C)C(C)C2)n1. The fourth-order valence-electron chi connectivity index (χ4n) is 2.51. The van der Waals surface area contributed by atoms with Crippen molar-refractivity contribution < 1.29 is 4.74 Å². The molecule has 1 heterocycles. The largest absolute Gasteiger partial charge is 0.474 e. The summed E-state index contributed by atoms with van der Waals surface area (Å²) < 4.78 is 6.00. The van der Waals surface area contributed by atoms with E-state index in [1.165, 1.54) is 6.42 Å². The molecular formula is C15H25N3O. The molecule has 0 saturated heterocycles. The summed E-state index contributed by atoms with van der Waals surface area (Å²) in [6.45, 7) is 7.66. The van der Waals surface area contributed by atoms with E-state index in [-0.39, 0.29) is 0 Å². The summed E-state index contributed by atoms with van der Waals surface area (Å²) >= 11 is 0. The molecule has 1 aromatic rings. The first-order chi connectivity index (χ1) is 9.19. The summed E-state index contributed by atoms with van der Waals surface area (Å²) in [6, 6.07) is 1.85. The lowest BCUT2D eigenvalue weighted by Crippen LogP contribution is -2.29. The minimum Gasteiger partial charge on any atom is -0.474 e. The minimum absolute atomic E-state index is 0.306. The fourth-order valence-corrected chi connectivity index (χ4v) is 2.51. The normalized spacial score (nSPS) is 27.0. The maximum absolute atomic E-state index is 6.00.